The second-order valence-electron chi connectivity index (χ2n) is 3.62. The van der Waals surface area contributed by atoms with Crippen LogP contribution >= 0.6 is 11.6 Å². The summed E-state index contributed by atoms with van der Waals surface area (Å²) in [5.41, 5.74) is 3.89. The second kappa shape index (κ2) is 5.18. The third kappa shape index (κ3) is 3.95. The SMILES string of the molecule is C=C(Cl)CNCc1cc(C)cc(C)c1. The van der Waals surface area contributed by atoms with Crippen molar-refractivity contribution in [1.82, 2.24) is 5.32 Å². The number of benzene rings is 1. The highest BCUT2D eigenvalue weighted by Gasteiger charge is 1.95. The van der Waals surface area contributed by atoms with Crippen molar-refractivity contribution >= 4 is 11.6 Å². The molecule has 14 heavy (non-hydrogen) atoms. The van der Waals surface area contributed by atoms with Gasteiger partial charge in [0, 0.05) is 18.1 Å². The monoisotopic (exact) mass is 209 g/mol. The highest BCUT2D eigenvalue weighted by Crippen LogP contribution is 2.08. The van der Waals surface area contributed by atoms with Crippen molar-refractivity contribution in [2.45, 2.75) is 20.4 Å². The molecule has 0 bridgehead atoms. The van der Waals surface area contributed by atoms with Gasteiger partial charge in [-0.1, -0.05) is 47.5 Å². The molecule has 0 aromatic heterocycles. The Balaban J connectivity index is 2.54. The summed E-state index contributed by atoms with van der Waals surface area (Å²) in [6.07, 6.45) is 0. The van der Waals surface area contributed by atoms with Gasteiger partial charge in [-0.3, -0.25) is 0 Å². The van der Waals surface area contributed by atoms with Gasteiger partial charge < -0.3 is 5.32 Å². The lowest BCUT2D eigenvalue weighted by atomic mass is 10.1. The molecule has 0 heterocycles. The van der Waals surface area contributed by atoms with Crippen LogP contribution in [0.1, 0.15) is 16.7 Å². The zero-order valence-corrected chi connectivity index (χ0v) is 9.49. The summed E-state index contributed by atoms with van der Waals surface area (Å²) in [6, 6.07) is 6.53. The third-order valence-corrected chi connectivity index (χ3v) is 2.06. The van der Waals surface area contributed by atoms with E-state index in [9.17, 15) is 0 Å². The van der Waals surface area contributed by atoms with Gasteiger partial charge in [-0.15, -0.1) is 0 Å². The molecule has 0 radical (unpaired) electrons. The number of nitrogens with one attached hydrogen (secondary N) is 1. The molecule has 0 spiro atoms. The molecule has 0 saturated carbocycles. The average Bonchev–Trinajstić information content (AvgIpc) is 2.01. The summed E-state index contributed by atoms with van der Waals surface area (Å²) in [5, 5.41) is 3.87. The molecule has 0 amide bonds. The molecule has 0 unspecified atom stereocenters. The van der Waals surface area contributed by atoms with E-state index in [2.05, 4.69) is 43.9 Å². The van der Waals surface area contributed by atoms with Gasteiger partial charge in [0.15, 0.2) is 0 Å². The standard InChI is InChI=1S/C12H16ClN/c1-9-4-10(2)6-12(5-9)8-14-7-11(3)13/h4-6,14H,3,7-8H2,1-2H3. The van der Waals surface area contributed by atoms with Crippen molar-refractivity contribution in [1.29, 1.82) is 0 Å². The normalized spacial score (nSPS) is 10.2. The molecule has 1 N–H and O–H groups in total. The third-order valence-electron chi connectivity index (χ3n) is 1.93. The van der Waals surface area contributed by atoms with E-state index in [1.807, 2.05) is 0 Å². The maximum atomic E-state index is 5.65. The van der Waals surface area contributed by atoms with Gasteiger partial charge >= 0.3 is 0 Å². The molecule has 1 rings (SSSR count). The van der Waals surface area contributed by atoms with Gasteiger partial charge in [-0.05, 0) is 19.4 Å². The average molecular weight is 210 g/mol. The van der Waals surface area contributed by atoms with Gasteiger partial charge in [0.2, 0.25) is 0 Å². The van der Waals surface area contributed by atoms with Crippen LogP contribution in [0.4, 0.5) is 0 Å². The van der Waals surface area contributed by atoms with E-state index < -0.39 is 0 Å². The summed E-state index contributed by atoms with van der Waals surface area (Å²) < 4.78 is 0. The van der Waals surface area contributed by atoms with Crippen molar-refractivity contribution in [3.05, 3.63) is 46.5 Å². The smallest absolute Gasteiger partial charge is 0.0310 e. The first-order chi connectivity index (χ1) is 6.58. The van der Waals surface area contributed by atoms with E-state index in [-0.39, 0.29) is 0 Å². The molecule has 1 aromatic carbocycles. The van der Waals surface area contributed by atoms with Gasteiger partial charge in [0.1, 0.15) is 0 Å². The van der Waals surface area contributed by atoms with Crippen molar-refractivity contribution in [2.75, 3.05) is 6.54 Å². The summed E-state index contributed by atoms with van der Waals surface area (Å²) in [5.74, 6) is 0. The molecule has 0 aliphatic heterocycles. The fraction of sp³-hybridized carbons (Fsp3) is 0.333. The molecule has 0 aliphatic carbocycles. The summed E-state index contributed by atoms with van der Waals surface area (Å²) >= 11 is 5.65. The molecular weight excluding hydrogens is 194 g/mol. The number of aryl methyl sites for hydroxylation is 2. The number of rotatable bonds is 4. The summed E-state index contributed by atoms with van der Waals surface area (Å²) in [6.45, 7) is 9.34. The minimum Gasteiger partial charge on any atom is -0.308 e. The van der Waals surface area contributed by atoms with Crippen LogP contribution in [0.2, 0.25) is 0 Å². The molecule has 1 aromatic rings. The van der Waals surface area contributed by atoms with E-state index in [0.717, 1.165) is 6.54 Å². The van der Waals surface area contributed by atoms with E-state index in [1.54, 1.807) is 0 Å². The largest absolute Gasteiger partial charge is 0.308 e. The Hall–Kier alpha value is -0.790. The van der Waals surface area contributed by atoms with Crippen molar-refractivity contribution in [3.8, 4) is 0 Å². The van der Waals surface area contributed by atoms with Crippen molar-refractivity contribution < 1.29 is 0 Å². The van der Waals surface area contributed by atoms with Crippen LogP contribution in [0.5, 0.6) is 0 Å². The molecule has 2 heteroatoms. The number of hydrogen-bond donors (Lipinski definition) is 1. The van der Waals surface area contributed by atoms with Gasteiger partial charge in [-0.25, -0.2) is 0 Å². The second-order valence-corrected chi connectivity index (χ2v) is 4.15. The number of hydrogen-bond acceptors (Lipinski definition) is 1. The Bertz CT molecular complexity index is 311. The maximum Gasteiger partial charge on any atom is 0.0310 e. The first kappa shape index (κ1) is 11.3. The Morgan fingerprint density at radius 2 is 1.86 bits per heavy atom. The van der Waals surface area contributed by atoms with E-state index >= 15 is 0 Å². The minimum atomic E-state index is 0.648. The van der Waals surface area contributed by atoms with E-state index in [1.165, 1.54) is 16.7 Å². The lowest BCUT2D eigenvalue weighted by Crippen LogP contribution is -2.14. The van der Waals surface area contributed by atoms with Crippen LogP contribution in [0, 0.1) is 13.8 Å². The fourth-order valence-electron chi connectivity index (χ4n) is 1.51. The lowest BCUT2D eigenvalue weighted by Gasteiger charge is -2.06. The molecule has 76 valence electrons. The Labute approximate surface area is 90.8 Å². The zero-order valence-electron chi connectivity index (χ0n) is 8.73. The van der Waals surface area contributed by atoms with Gasteiger partial charge in [-0.2, -0.15) is 0 Å². The molecule has 0 saturated heterocycles. The topological polar surface area (TPSA) is 12.0 Å². The Morgan fingerprint density at radius 1 is 1.29 bits per heavy atom. The van der Waals surface area contributed by atoms with Crippen LogP contribution in [0.3, 0.4) is 0 Å². The molecule has 0 atom stereocenters. The van der Waals surface area contributed by atoms with Crippen LogP contribution in [-0.2, 0) is 6.54 Å². The highest BCUT2D eigenvalue weighted by molar-refractivity contribution is 6.29. The van der Waals surface area contributed by atoms with E-state index in [0.29, 0.717) is 11.6 Å². The summed E-state index contributed by atoms with van der Waals surface area (Å²) in [7, 11) is 0. The predicted molar refractivity (Wildman–Crippen MR) is 62.6 cm³/mol. The molecule has 0 fully saturated rings. The zero-order chi connectivity index (χ0) is 10.6. The highest BCUT2D eigenvalue weighted by atomic mass is 35.5. The first-order valence-electron chi connectivity index (χ1n) is 4.69. The Kier molecular flexibility index (Phi) is 4.18. The molecule has 1 nitrogen and oxygen atoms in total. The van der Waals surface area contributed by atoms with Gasteiger partial charge in [0.25, 0.3) is 0 Å². The maximum absolute atomic E-state index is 5.65. The quantitative estimate of drug-likeness (QED) is 0.804. The van der Waals surface area contributed by atoms with E-state index in [4.69, 9.17) is 11.6 Å². The van der Waals surface area contributed by atoms with Crippen molar-refractivity contribution in [3.63, 3.8) is 0 Å². The van der Waals surface area contributed by atoms with Gasteiger partial charge in [0.05, 0.1) is 0 Å². The van der Waals surface area contributed by atoms with Crippen LogP contribution < -0.4 is 5.32 Å². The van der Waals surface area contributed by atoms with Crippen LogP contribution in [0.15, 0.2) is 29.8 Å². The van der Waals surface area contributed by atoms with Crippen molar-refractivity contribution in [2.24, 2.45) is 0 Å². The molecule has 0 aliphatic rings. The van der Waals surface area contributed by atoms with Crippen LogP contribution in [0.25, 0.3) is 0 Å². The lowest BCUT2D eigenvalue weighted by molar-refractivity contribution is 0.754. The minimum absolute atomic E-state index is 0.648. The Morgan fingerprint density at radius 3 is 2.36 bits per heavy atom. The fourth-order valence-corrected chi connectivity index (χ4v) is 1.61. The summed E-state index contributed by atoms with van der Waals surface area (Å²) in [4.78, 5) is 0. The molecular formula is C12H16ClN. The van der Waals surface area contributed by atoms with Crippen LogP contribution in [-0.4, -0.2) is 6.54 Å². The first-order valence-corrected chi connectivity index (χ1v) is 5.07. The predicted octanol–water partition coefficient (Wildman–Crippen LogP) is 3.15. The number of halogens is 1.